The summed E-state index contributed by atoms with van der Waals surface area (Å²) in [7, 11) is -1.85. The second-order valence-electron chi connectivity index (χ2n) is 3.06. The summed E-state index contributed by atoms with van der Waals surface area (Å²) in [5.41, 5.74) is 6.02. The van der Waals surface area contributed by atoms with Gasteiger partial charge in [0, 0.05) is 18.3 Å². The molecule has 0 unspecified atom stereocenters. The summed E-state index contributed by atoms with van der Waals surface area (Å²) in [4.78, 5) is 3.94. The molecule has 90 valence electrons. The number of nitrogen functional groups attached to an aromatic ring is 1. The SMILES string of the molecule is CNS(=O)(=O)CCNc1cc(N)cc(Cl)n1. The summed E-state index contributed by atoms with van der Waals surface area (Å²) < 4.78 is 24.4. The lowest BCUT2D eigenvalue weighted by Gasteiger charge is -2.06. The third kappa shape index (κ3) is 4.21. The van der Waals surface area contributed by atoms with Crippen LogP contribution in [0.3, 0.4) is 0 Å². The van der Waals surface area contributed by atoms with E-state index in [1.165, 1.54) is 13.1 Å². The summed E-state index contributed by atoms with van der Waals surface area (Å²) in [6.45, 7) is 0.232. The molecule has 0 saturated carbocycles. The first-order valence-electron chi connectivity index (χ1n) is 4.51. The molecule has 0 atom stereocenters. The number of nitrogens with one attached hydrogen (secondary N) is 2. The van der Waals surface area contributed by atoms with Gasteiger partial charge in [0.05, 0.1) is 5.75 Å². The van der Waals surface area contributed by atoms with Crippen LogP contribution < -0.4 is 15.8 Å². The van der Waals surface area contributed by atoms with Crippen LogP contribution >= 0.6 is 11.6 Å². The number of sulfonamides is 1. The minimum atomic E-state index is -3.21. The number of nitrogens with two attached hydrogens (primary N) is 1. The van der Waals surface area contributed by atoms with Gasteiger partial charge in [0.2, 0.25) is 10.0 Å². The van der Waals surface area contributed by atoms with E-state index in [0.29, 0.717) is 11.5 Å². The second kappa shape index (κ2) is 5.33. The predicted octanol–water partition coefficient (Wildman–Crippen LogP) is 0.278. The van der Waals surface area contributed by atoms with Crippen LogP contribution in [0, 0.1) is 0 Å². The predicted molar refractivity (Wildman–Crippen MR) is 65.0 cm³/mol. The zero-order valence-corrected chi connectivity index (χ0v) is 10.3. The first-order chi connectivity index (χ1) is 7.43. The minimum Gasteiger partial charge on any atom is -0.399 e. The monoisotopic (exact) mass is 264 g/mol. The number of aromatic nitrogens is 1. The van der Waals surface area contributed by atoms with E-state index in [1.54, 1.807) is 6.07 Å². The van der Waals surface area contributed by atoms with Crippen LogP contribution in [0.15, 0.2) is 12.1 Å². The van der Waals surface area contributed by atoms with Gasteiger partial charge in [0.1, 0.15) is 11.0 Å². The number of nitrogens with zero attached hydrogens (tertiary/aromatic N) is 1. The van der Waals surface area contributed by atoms with E-state index in [9.17, 15) is 8.42 Å². The molecule has 0 aliphatic heterocycles. The third-order valence-corrected chi connectivity index (χ3v) is 3.36. The van der Waals surface area contributed by atoms with E-state index >= 15 is 0 Å². The maximum atomic E-state index is 11.1. The Morgan fingerprint density at radius 2 is 2.19 bits per heavy atom. The molecule has 0 spiro atoms. The average molecular weight is 265 g/mol. The van der Waals surface area contributed by atoms with Crippen molar-refractivity contribution in [3.8, 4) is 0 Å². The normalized spacial score (nSPS) is 11.4. The molecule has 0 saturated heterocycles. The Hall–Kier alpha value is -1.05. The van der Waals surface area contributed by atoms with Crippen LogP contribution in [-0.4, -0.2) is 32.7 Å². The molecular formula is C8H13ClN4O2S. The second-order valence-corrected chi connectivity index (χ2v) is 5.49. The molecule has 0 aliphatic carbocycles. The van der Waals surface area contributed by atoms with Crippen LogP contribution in [0.4, 0.5) is 11.5 Å². The molecule has 0 aromatic carbocycles. The highest BCUT2D eigenvalue weighted by Crippen LogP contribution is 2.15. The van der Waals surface area contributed by atoms with Crippen molar-refractivity contribution in [2.75, 3.05) is 30.4 Å². The van der Waals surface area contributed by atoms with Gasteiger partial charge in [-0.05, 0) is 13.1 Å². The maximum Gasteiger partial charge on any atom is 0.213 e. The van der Waals surface area contributed by atoms with E-state index in [-0.39, 0.29) is 17.5 Å². The molecular weight excluding hydrogens is 252 g/mol. The molecule has 1 heterocycles. The molecule has 0 radical (unpaired) electrons. The number of halogens is 1. The maximum absolute atomic E-state index is 11.1. The van der Waals surface area contributed by atoms with Crippen LogP contribution in [0.1, 0.15) is 0 Å². The molecule has 1 rings (SSSR count). The van der Waals surface area contributed by atoms with E-state index in [0.717, 1.165) is 0 Å². The van der Waals surface area contributed by atoms with Crippen molar-refractivity contribution >= 4 is 33.1 Å². The Balaban J connectivity index is 2.55. The van der Waals surface area contributed by atoms with Gasteiger partial charge in [-0.1, -0.05) is 11.6 Å². The van der Waals surface area contributed by atoms with Gasteiger partial charge < -0.3 is 11.1 Å². The highest BCUT2D eigenvalue weighted by Gasteiger charge is 2.06. The molecule has 8 heteroatoms. The number of hydrogen-bond donors (Lipinski definition) is 3. The minimum absolute atomic E-state index is 0.0440. The molecule has 6 nitrogen and oxygen atoms in total. The van der Waals surface area contributed by atoms with Crippen LogP contribution in [0.2, 0.25) is 5.15 Å². The molecule has 0 bridgehead atoms. The lowest BCUT2D eigenvalue weighted by molar-refractivity contribution is 0.588. The first-order valence-corrected chi connectivity index (χ1v) is 6.54. The summed E-state index contributed by atoms with van der Waals surface area (Å²) in [5, 5.41) is 3.08. The molecule has 0 fully saturated rings. The van der Waals surface area contributed by atoms with Crippen molar-refractivity contribution in [3.05, 3.63) is 17.3 Å². The van der Waals surface area contributed by atoms with Gasteiger partial charge in [-0.15, -0.1) is 0 Å². The van der Waals surface area contributed by atoms with Crippen LogP contribution in [-0.2, 0) is 10.0 Å². The van der Waals surface area contributed by atoms with Crippen molar-refractivity contribution in [2.45, 2.75) is 0 Å². The van der Waals surface area contributed by atoms with Gasteiger partial charge in [0.15, 0.2) is 0 Å². The van der Waals surface area contributed by atoms with Crippen molar-refractivity contribution in [2.24, 2.45) is 0 Å². The van der Waals surface area contributed by atoms with Gasteiger partial charge >= 0.3 is 0 Å². The molecule has 1 aromatic heterocycles. The van der Waals surface area contributed by atoms with Crippen LogP contribution in [0.25, 0.3) is 0 Å². The Bertz CT molecular complexity index is 443. The molecule has 16 heavy (non-hydrogen) atoms. The van der Waals surface area contributed by atoms with Gasteiger partial charge in [-0.25, -0.2) is 18.1 Å². The zero-order valence-electron chi connectivity index (χ0n) is 8.70. The molecule has 1 aromatic rings. The van der Waals surface area contributed by atoms with E-state index in [2.05, 4.69) is 15.0 Å². The van der Waals surface area contributed by atoms with Gasteiger partial charge in [0.25, 0.3) is 0 Å². The fraction of sp³-hybridized carbons (Fsp3) is 0.375. The zero-order chi connectivity index (χ0) is 12.2. The van der Waals surface area contributed by atoms with E-state index < -0.39 is 10.0 Å². The summed E-state index contributed by atoms with van der Waals surface area (Å²) in [5.74, 6) is 0.411. The van der Waals surface area contributed by atoms with Gasteiger partial charge in [-0.2, -0.15) is 0 Å². The topological polar surface area (TPSA) is 97.1 Å². The highest BCUT2D eigenvalue weighted by atomic mass is 35.5. The first kappa shape index (κ1) is 13.0. The van der Waals surface area contributed by atoms with Crippen molar-refractivity contribution in [1.82, 2.24) is 9.71 Å². The van der Waals surface area contributed by atoms with Crippen LogP contribution in [0.5, 0.6) is 0 Å². The fourth-order valence-corrected chi connectivity index (χ4v) is 1.81. The number of pyridine rings is 1. The number of anilines is 2. The van der Waals surface area contributed by atoms with Crippen molar-refractivity contribution < 1.29 is 8.42 Å². The lowest BCUT2D eigenvalue weighted by atomic mass is 10.4. The Kier molecular flexibility index (Phi) is 4.34. The molecule has 4 N–H and O–H groups in total. The Morgan fingerprint density at radius 3 is 2.75 bits per heavy atom. The lowest BCUT2D eigenvalue weighted by Crippen LogP contribution is -2.26. The summed E-state index contributed by atoms with van der Waals surface area (Å²) in [6.07, 6.45) is 0. The third-order valence-electron chi connectivity index (χ3n) is 1.80. The fourth-order valence-electron chi connectivity index (χ4n) is 1.02. The Morgan fingerprint density at radius 1 is 1.50 bits per heavy atom. The largest absolute Gasteiger partial charge is 0.399 e. The van der Waals surface area contributed by atoms with Crippen molar-refractivity contribution in [1.29, 1.82) is 0 Å². The molecule has 0 aliphatic rings. The highest BCUT2D eigenvalue weighted by molar-refractivity contribution is 7.89. The Labute approximate surface area is 99.2 Å². The van der Waals surface area contributed by atoms with E-state index in [4.69, 9.17) is 17.3 Å². The van der Waals surface area contributed by atoms with Gasteiger partial charge in [-0.3, -0.25) is 0 Å². The van der Waals surface area contributed by atoms with Crippen molar-refractivity contribution in [3.63, 3.8) is 0 Å². The number of hydrogen-bond acceptors (Lipinski definition) is 5. The smallest absolute Gasteiger partial charge is 0.213 e. The number of rotatable bonds is 5. The molecule has 0 amide bonds. The average Bonchev–Trinajstić information content (AvgIpc) is 2.16. The quantitative estimate of drug-likeness (QED) is 0.664. The standard InChI is InChI=1S/C8H13ClN4O2S/c1-11-16(14,15)3-2-12-8-5-6(10)4-7(9)13-8/h4-5,11H,2-3H2,1H3,(H3,10,12,13). The summed E-state index contributed by atoms with van der Waals surface area (Å²) >= 11 is 5.68. The van der Waals surface area contributed by atoms with E-state index in [1.807, 2.05) is 0 Å². The summed E-state index contributed by atoms with van der Waals surface area (Å²) in [6, 6.07) is 3.09.